The number of carbonyl (C=O) groups is 2. The Labute approximate surface area is 119 Å². The van der Waals surface area contributed by atoms with Gasteiger partial charge >= 0.3 is 5.97 Å². The van der Waals surface area contributed by atoms with Crippen molar-refractivity contribution in [3.63, 3.8) is 0 Å². The van der Waals surface area contributed by atoms with E-state index < -0.39 is 5.97 Å². The molecule has 1 rings (SSSR count). The smallest absolute Gasteiger partial charge is 0.325 e. The number of rotatable bonds is 7. The molecule has 0 fully saturated rings. The Kier molecular flexibility index (Phi) is 6.56. The molecule has 0 atom stereocenters. The minimum absolute atomic E-state index is 0.00838. The Morgan fingerprint density at radius 2 is 1.80 bits per heavy atom. The van der Waals surface area contributed by atoms with Gasteiger partial charge in [0.15, 0.2) is 0 Å². The van der Waals surface area contributed by atoms with Crippen molar-refractivity contribution in [2.45, 2.75) is 19.8 Å². The van der Waals surface area contributed by atoms with Gasteiger partial charge in [0.25, 0.3) is 0 Å². The third kappa shape index (κ3) is 4.91. The molecule has 0 aliphatic carbocycles. The van der Waals surface area contributed by atoms with Gasteiger partial charge in [0.2, 0.25) is 5.91 Å². The van der Waals surface area contributed by atoms with E-state index in [2.05, 4.69) is 4.74 Å². The number of hydrogen-bond donors (Lipinski definition) is 0. The van der Waals surface area contributed by atoms with Gasteiger partial charge in [-0.3, -0.25) is 9.59 Å². The van der Waals surface area contributed by atoms with E-state index in [0.29, 0.717) is 19.4 Å². The summed E-state index contributed by atoms with van der Waals surface area (Å²) in [7, 11) is 2.93. The molecule has 0 heterocycles. The van der Waals surface area contributed by atoms with Crippen LogP contribution in [0.25, 0.3) is 0 Å². The lowest BCUT2D eigenvalue weighted by atomic mass is 10.1. The first-order chi connectivity index (χ1) is 9.60. The SMILES string of the molecule is CCN(CC(=O)OC)C(=O)CCc1ccc(OC)cc1. The highest BCUT2D eigenvalue weighted by Gasteiger charge is 2.15. The lowest BCUT2D eigenvalue weighted by Gasteiger charge is -2.19. The topological polar surface area (TPSA) is 55.8 Å². The van der Waals surface area contributed by atoms with Crippen LogP contribution in [0.1, 0.15) is 18.9 Å². The van der Waals surface area contributed by atoms with E-state index in [1.165, 1.54) is 12.0 Å². The fourth-order valence-electron chi connectivity index (χ4n) is 1.80. The second-order valence-corrected chi connectivity index (χ2v) is 4.33. The van der Waals surface area contributed by atoms with Crippen LogP contribution in [0.3, 0.4) is 0 Å². The molecular formula is C15H21NO4. The molecule has 0 bridgehead atoms. The van der Waals surface area contributed by atoms with E-state index in [-0.39, 0.29) is 12.5 Å². The molecule has 20 heavy (non-hydrogen) atoms. The van der Waals surface area contributed by atoms with Crippen LogP contribution in [0.4, 0.5) is 0 Å². The second kappa shape index (κ2) is 8.19. The third-order valence-electron chi connectivity index (χ3n) is 3.07. The van der Waals surface area contributed by atoms with Crippen LogP contribution < -0.4 is 4.74 Å². The van der Waals surface area contributed by atoms with E-state index in [1.807, 2.05) is 31.2 Å². The molecule has 0 unspecified atom stereocenters. The van der Waals surface area contributed by atoms with E-state index >= 15 is 0 Å². The van der Waals surface area contributed by atoms with Gasteiger partial charge in [-0.15, -0.1) is 0 Å². The summed E-state index contributed by atoms with van der Waals surface area (Å²) in [5, 5.41) is 0. The van der Waals surface area contributed by atoms with E-state index in [1.54, 1.807) is 7.11 Å². The van der Waals surface area contributed by atoms with Crippen molar-refractivity contribution in [2.75, 3.05) is 27.3 Å². The molecule has 5 nitrogen and oxygen atoms in total. The minimum atomic E-state index is -0.398. The summed E-state index contributed by atoms with van der Waals surface area (Å²) in [4.78, 5) is 24.7. The van der Waals surface area contributed by atoms with E-state index in [0.717, 1.165) is 11.3 Å². The highest BCUT2D eigenvalue weighted by atomic mass is 16.5. The van der Waals surface area contributed by atoms with Gasteiger partial charge in [-0.1, -0.05) is 12.1 Å². The molecule has 0 radical (unpaired) electrons. The highest BCUT2D eigenvalue weighted by molar-refractivity contribution is 5.82. The zero-order chi connectivity index (χ0) is 15.0. The normalized spacial score (nSPS) is 9.95. The van der Waals surface area contributed by atoms with Crippen LogP contribution in [0.15, 0.2) is 24.3 Å². The molecule has 1 aromatic rings. The van der Waals surface area contributed by atoms with Crippen molar-refractivity contribution in [1.82, 2.24) is 4.90 Å². The van der Waals surface area contributed by atoms with Crippen LogP contribution in [0.5, 0.6) is 5.75 Å². The lowest BCUT2D eigenvalue weighted by Crippen LogP contribution is -2.36. The maximum Gasteiger partial charge on any atom is 0.325 e. The number of benzene rings is 1. The molecule has 0 saturated heterocycles. The van der Waals surface area contributed by atoms with Crippen molar-refractivity contribution in [1.29, 1.82) is 0 Å². The van der Waals surface area contributed by atoms with Crippen molar-refractivity contribution >= 4 is 11.9 Å². The number of carbonyl (C=O) groups excluding carboxylic acids is 2. The highest BCUT2D eigenvalue weighted by Crippen LogP contribution is 2.13. The first-order valence-corrected chi connectivity index (χ1v) is 6.58. The first-order valence-electron chi connectivity index (χ1n) is 6.58. The first kappa shape index (κ1) is 16.0. The van der Waals surface area contributed by atoms with Gasteiger partial charge in [0.1, 0.15) is 12.3 Å². The molecule has 0 N–H and O–H groups in total. The van der Waals surface area contributed by atoms with Crippen molar-refractivity contribution < 1.29 is 19.1 Å². The Balaban J connectivity index is 2.49. The van der Waals surface area contributed by atoms with Crippen molar-refractivity contribution in [3.05, 3.63) is 29.8 Å². The minimum Gasteiger partial charge on any atom is -0.497 e. The van der Waals surface area contributed by atoms with Crippen LogP contribution in [-0.2, 0) is 20.7 Å². The summed E-state index contributed by atoms with van der Waals surface area (Å²) in [5.74, 6) is 0.347. The Bertz CT molecular complexity index is 442. The monoisotopic (exact) mass is 279 g/mol. The molecule has 0 aromatic heterocycles. The van der Waals surface area contributed by atoms with Crippen LogP contribution in [0, 0.1) is 0 Å². The standard InChI is InChI=1S/C15H21NO4/c1-4-16(11-15(18)20-3)14(17)10-7-12-5-8-13(19-2)9-6-12/h5-6,8-9H,4,7,10-11H2,1-3H3. The van der Waals surface area contributed by atoms with Crippen LogP contribution >= 0.6 is 0 Å². The quantitative estimate of drug-likeness (QED) is 0.712. The Morgan fingerprint density at radius 1 is 1.15 bits per heavy atom. The van der Waals surface area contributed by atoms with Gasteiger partial charge in [-0.2, -0.15) is 0 Å². The molecule has 0 saturated carbocycles. The lowest BCUT2D eigenvalue weighted by molar-refractivity contribution is -0.146. The number of likely N-dealkylation sites (N-methyl/N-ethyl adjacent to an activating group) is 1. The van der Waals surface area contributed by atoms with Gasteiger partial charge in [0, 0.05) is 13.0 Å². The zero-order valence-corrected chi connectivity index (χ0v) is 12.2. The van der Waals surface area contributed by atoms with Crippen LogP contribution in [-0.4, -0.2) is 44.1 Å². The summed E-state index contributed by atoms with van der Waals surface area (Å²) >= 11 is 0. The van der Waals surface area contributed by atoms with E-state index in [4.69, 9.17) is 4.74 Å². The van der Waals surface area contributed by atoms with Gasteiger partial charge < -0.3 is 14.4 Å². The van der Waals surface area contributed by atoms with Crippen molar-refractivity contribution in [2.24, 2.45) is 0 Å². The molecule has 0 aliphatic heterocycles. The van der Waals surface area contributed by atoms with Crippen molar-refractivity contribution in [3.8, 4) is 5.75 Å². The summed E-state index contributed by atoms with van der Waals surface area (Å²) in [5.41, 5.74) is 1.06. The number of hydrogen-bond acceptors (Lipinski definition) is 4. The number of nitrogens with zero attached hydrogens (tertiary/aromatic N) is 1. The largest absolute Gasteiger partial charge is 0.497 e. The molecule has 0 spiro atoms. The Hall–Kier alpha value is -2.04. The average molecular weight is 279 g/mol. The molecule has 1 amide bonds. The number of ether oxygens (including phenoxy) is 2. The second-order valence-electron chi connectivity index (χ2n) is 4.33. The molecular weight excluding hydrogens is 258 g/mol. The average Bonchev–Trinajstić information content (AvgIpc) is 2.50. The maximum absolute atomic E-state index is 12.0. The van der Waals surface area contributed by atoms with E-state index in [9.17, 15) is 9.59 Å². The maximum atomic E-state index is 12.0. The van der Waals surface area contributed by atoms with Crippen LogP contribution in [0.2, 0.25) is 0 Å². The fourth-order valence-corrected chi connectivity index (χ4v) is 1.80. The fraction of sp³-hybridized carbons (Fsp3) is 0.467. The van der Waals surface area contributed by atoms with Gasteiger partial charge in [-0.25, -0.2) is 0 Å². The molecule has 0 aliphatic rings. The number of aryl methyl sites for hydroxylation is 1. The summed E-state index contributed by atoms with van der Waals surface area (Å²) in [6, 6.07) is 7.60. The predicted molar refractivity (Wildman–Crippen MR) is 75.6 cm³/mol. The zero-order valence-electron chi connectivity index (χ0n) is 12.2. The molecule has 5 heteroatoms. The number of amides is 1. The summed E-state index contributed by atoms with van der Waals surface area (Å²) in [6.45, 7) is 2.35. The number of methoxy groups -OCH3 is 2. The number of esters is 1. The summed E-state index contributed by atoms with van der Waals surface area (Å²) < 4.78 is 9.65. The Morgan fingerprint density at radius 3 is 2.30 bits per heavy atom. The van der Waals surface area contributed by atoms with Gasteiger partial charge in [-0.05, 0) is 31.0 Å². The molecule has 1 aromatic carbocycles. The summed E-state index contributed by atoms with van der Waals surface area (Å²) in [6.07, 6.45) is 1.01. The molecule has 110 valence electrons. The van der Waals surface area contributed by atoms with Gasteiger partial charge in [0.05, 0.1) is 14.2 Å². The predicted octanol–water partition coefficient (Wildman–Crippen LogP) is 1.65. The third-order valence-corrected chi connectivity index (χ3v) is 3.07.